The third-order valence-corrected chi connectivity index (χ3v) is 4.33. The Bertz CT molecular complexity index is 284. The first-order chi connectivity index (χ1) is 11.3. The van der Waals surface area contributed by atoms with E-state index in [0.717, 1.165) is 38.5 Å². The zero-order valence-corrected chi connectivity index (χ0v) is 14.7. The maximum Gasteiger partial charge on any atom is 0.305 e. The average Bonchev–Trinajstić information content (AvgIpc) is 2.54. The van der Waals surface area contributed by atoms with Gasteiger partial charge >= 0.3 is 11.9 Å². The molecular formula is C19H34O4. The lowest BCUT2D eigenvalue weighted by Crippen LogP contribution is -2.08. The number of carbonyl (C=O) groups is 2. The summed E-state index contributed by atoms with van der Waals surface area (Å²) in [7, 11) is 0. The maximum absolute atomic E-state index is 11.5. The highest BCUT2D eigenvalue weighted by Crippen LogP contribution is 2.13. The van der Waals surface area contributed by atoms with Gasteiger partial charge in [0.15, 0.2) is 0 Å². The molecule has 1 rings (SSSR count). The lowest BCUT2D eigenvalue weighted by molar-refractivity contribution is -0.146. The van der Waals surface area contributed by atoms with Gasteiger partial charge in [0, 0.05) is 12.8 Å². The van der Waals surface area contributed by atoms with Crippen LogP contribution >= 0.6 is 0 Å². The first kappa shape index (κ1) is 20.0. The van der Waals surface area contributed by atoms with Gasteiger partial charge < -0.3 is 9.47 Å². The molecule has 1 aliphatic rings. The van der Waals surface area contributed by atoms with Crippen LogP contribution in [0, 0.1) is 0 Å². The summed E-state index contributed by atoms with van der Waals surface area (Å²) in [6, 6.07) is 0. The molecule has 1 aliphatic heterocycles. The summed E-state index contributed by atoms with van der Waals surface area (Å²) in [5.41, 5.74) is 0. The van der Waals surface area contributed by atoms with Crippen LogP contribution in [0.1, 0.15) is 96.3 Å². The van der Waals surface area contributed by atoms with Gasteiger partial charge in [-0.15, -0.1) is 0 Å². The minimum Gasteiger partial charge on any atom is -0.466 e. The minimum absolute atomic E-state index is 0.0899. The molecule has 1 saturated heterocycles. The third-order valence-electron chi connectivity index (χ3n) is 4.33. The summed E-state index contributed by atoms with van der Waals surface area (Å²) >= 11 is 0. The molecule has 0 N–H and O–H groups in total. The van der Waals surface area contributed by atoms with E-state index in [9.17, 15) is 9.59 Å². The van der Waals surface area contributed by atoms with Gasteiger partial charge in [0.25, 0.3) is 0 Å². The summed E-state index contributed by atoms with van der Waals surface area (Å²) in [5, 5.41) is 0. The largest absolute Gasteiger partial charge is 0.466 e. The molecule has 0 aromatic carbocycles. The van der Waals surface area contributed by atoms with Crippen LogP contribution in [-0.4, -0.2) is 25.2 Å². The zero-order chi connectivity index (χ0) is 16.6. The van der Waals surface area contributed by atoms with Crippen LogP contribution in [0.3, 0.4) is 0 Å². The summed E-state index contributed by atoms with van der Waals surface area (Å²) < 4.78 is 10.4. The molecule has 0 bridgehead atoms. The van der Waals surface area contributed by atoms with Crippen molar-refractivity contribution >= 4 is 11.9 Å². The Balaban J connectivity index is 2.18. The summed E-state index contributed by atoms with van der Waals surface area (Å²) in [6.07, 6.45) is 15.7. The van der Waals surface area contributed by atoms with Crippen LogP contribution < -0.4 is 0 Å². The van der Waals surface area contributed by atoms with Gasteiger partial charge in [0.2, 0.25) is 0 Å². The van der Waals surface area contributed by atoms with E-state index < -0.39 is 0 Å². The van der Waals surface area contributed by atoms with Gasteiger partial charge in [-0.25, -0.2) is 0 Å². The van der Waals surface area contributed by atoms with E-state index in [1.807, 2.05) is 0 Å². The van der Waals surface area contributed by atoms with E-state index in [1.165, 1.54) is 44.9 Å². The van der Waals surface area contributed by atoms with Gasteiger partial charge in [-0.05, 0) is 25.7 Å². The fraction of sp³-hybridized carbons (Fsp3) is 0.895. The number of ether oxygens (including phenoxy) is 2. The second kappa shape index (κ2) is 14.5. The van der Waals surface area contributed by atoms with E-state index in [4.69, 9.17) is 9.47 Å². The molecule has 1 heterocycles. The van der Waals surface area contributed by atoms with E-state index in [0.29, 0.717) is 26.1 Å². The highest BCUT2D eigenvalue weighted by atomic mass is 16.5. The molecule has 134 valence electrons. The number of esters is 2. The van der Waals surface area contributed by atoms with E-state index >= 15 is 0 Å². The Kier molecular flexibility index (Phi) is 12.6. The first-order valence-electron chi connectivity index (χ1n) is 9.60. The quantitative estimate of drug-likeness (QED) is 0.592. The lowest BCUT2D eigenvalue weighted by Gasteiger charge is -2.06. The van der Waals surface area contributed by atoms with E-state index in [-0.39, 0.29) is 11.9 Å². The van der Waals surface area contributed by atoms with Crippen LogP contribution in [0.25, 0.3) is 0 Å². The van der Waals surface area contributed by atoms with Gasteiger partial charge in [-0.3, -0.25) is 9.59 Å². The number of cyclic esters (lactones) is 2. The van der Waals surface area contributed by atoms with Crippen molar-refractivity contribution in [3.05, 3.63) is 0 Å². The Morgan fingerprint density at radius 2 is 0.739 bits per heavy atom. The fourth-order valence-corrected chi connectivity index (χ4v) is 2.85. The van der Waals surface area contributed by atoms with Crippen LogP contribution in [0.5, 0.6) is 0 Å². The summed E-state index contributed by atoms with van der Waals surface area (Å²) in [6.45, 7) is 0.882. The molecule has 23 heavy (non-hydrogen) atoms. The molecular weight excluding hydrogens is 292 g/mol. The third kappa shape index (κ3) is 13.1. The molecule has 4 heteroatoms. The summed E-state index contributed by atoms with van der Waals surface area (Å²) in [5.74, 6) is -0.180. The van der Waals surface area contributed by atoms with Crippen molar-refractivity contribution < 1.29 is 19.1 Å². The molecule has 0 aromatic rings. The Morgan fingerprint density at radius 3 is 1.09 bits per heavy atom. The van der Waals surface area contributed by atoms with Crippen molar-refractivity contribution in [2.75, 3.05) is 13.2 Å². The Morgan fingerprint density at radius 1 is 0.435 bits per heavy atom. The minimum atomic E-state index is -0.0899. The Hall–Kier alpha value is -1.06. The second-order valence-corrected chi connectivity index (χ2v) is 6.54. The fourth-order valence-electron chi connectivity index (χ4n) is 2.85. The van der Waals surface area contributed by atoms with Gasteiger partial charge in [0.1, 0.15) is 0 Å². The van der Waals surface area contributed by atoms with Crippen molar-refractivity contribution in [1.29, 1.82) is 0 Å². The van der Waals surface area contributed by atoms with Crippen molar-refractivity contribution in [1.82, 2.24) is 0 Å². The molecule has 1 fully saturated rings. The average molecular weight is 326 g/mol. The second-order valence-electron chi connectivity index (χ2n) is 6.54. The zero-order valence-electron chi connectivity index (χ0n) is 14.7. The van der Waals surface area contributed by atoms with Crippen LogP contribution in [-0.2, 0) is 19.1 Å². The Labute approximate surface area is 141 Å². The highest BCUT2D eigenvalue weighted by molar-refractivity contribution is 5.69. The van der Waals surface area contributed by atoms with Crippen LogP contribution in [0.4, 0.5) is 0 Å². The first-order valence-corrected chi connectivity index (χ1v) is 9.60. The molecule has 0 unspecified atom stereocenters. The predicted octanol–water partition coefficient (Wildman–Crippen LogP) is 4.94. The van der Waals surface area contributed by atoms with Crippen molar-refractivity contribution in [2.24, 2.45) is 0 Å². The SMILES string of the molecule is O=C1CCCCCCCCCCCCCC(=O)OCCCCO1. The molecule has 4 nitrogen and oxygen atoms in total. The molecule has 0 aromatic heterocycles. The number of hydrogen-bond donors (Lipinski definition) is 0. The van der Waals surface area contributed by atoms with Gasteiger partial charge in [-0.1, -0.05) is 57.8 Å². The normalized spacial score (nSPS) is 22.4. The maximum atomic E-state index is 11.5. The van der Waals surface area contributed by atoms with Crippen molar-refractivity contribution in [3.63, 3.8) is 0 Å². The number of carbonyl (C=O) groups excluding carboxylic acids is 2. The summed E-state index contributed by atoms with van der Waals surface area (Å²) in [4.78, 5) is 23.1. The standard InChI is InChI=1S/C19H34O4/c20-18-14-10-8-6-4-2-1-3-5-7-9-11-15-19(21)23-17-13-12-16-22-18/h1-17H2. The number of hydrogen-bond acceptors (Lipinski definition) is 4. The topological polar surface area (TPSA) is 52.6 Å². The van der Waals surface area contributed by atoms with Crippen molar-refractivity contribution in [2.45, 2.75) is 96.3 Å². The molecule has 0 saturated carbocycles. The lowest BCUT2D eigenvalue weighted by atomic mass is 10.0. The molecule has 0 spiro atoms. The van der Waals surface area contributed by atoms with Gasteiger partial charge in [0.05, 0.1) is 13.2 Å². The molecule has 0 atom stereocenters. The monoisotopic (exact) mass is 326 g/mol. The molecule has 0 amide bonds. The van der Waals surface area contributed by atoms with E-state index in [1.54, 1.807) is 0 Å². The molecule has 0 aliphatic carbocycles. The highest BCUT2D eigenvalue weighted by Gasteiger charge is 2.05. The molecule has 0 radical (unpaired) electrons. The van der Waals surface area contributed by atoms with Crippen LogP contribution in [0.2, 0.25) is 0 Å². The number of rotatable bonds is 0. The van der Waals surface area contributed by atoms with Crippen molar-refractivity contribution in [3.8, 4) is 0 Å². The van der Waals surface area contributed by atoms with E-state index in [2.05, 4.69) is 0 Å². The smallest absolute Gasteiger partial charge is 0.305 e. The predicted molar refractivity (Wildman–Crippen MR) is 91.2 cm³/mol. The van der Waals surface area contributed by atoms with Gasteiger partial charge in [-0.2, -0.15) is 0 Å². The van der Waals surface area contributed by atoms with Crippen LogP contribution in [0.15, 0.2) is 0 Å².